The van der Waals surface area contributed by atoms with Crippen LogP contribution in [0.1, 0.15) is 86.6 Å². The molecule has 1 aromatic rings. The second kappa shape index (κ2) is 9.31. The van der Waals surface area contributed by atoms with E-state index in [0.717, 1.165) is 31.4 Å². The summed E-state index contributed by atoms with van der Waals surface area (Å²) in [5, 5.41) is 0. The van der Waals surface area contributed by atoms with Gasteiger partial charge in [0.1, 0.15) is 5.60 Å². The van der Waals surface area contributed by atoms with Gasteiger partial charge in [-0.05, 0) is 78.3 Å². The topological polar surface area (TPSA) is 48.0 Å². The molecular weight excluding hydrogens is 377 g/mol. The number of amides is 1. The largest absolute Gasteiger partial charge is 0.494 e. The van der Waals surface area contributed by atoms with Crippen molar-refractivity contribution in [2.45, 2.75) is 97.9 Å². The van der Waals surface area contributed by atoms with Crippen LogP contribution in [0.3, 0.4) is 0 Å². The molecular formula is C24H40BNO4. The third-order valence-electron chi connectivity index (χ3n) is 6.08. The first-order valence-corrected chi connectivity index (χ1v) is 11.3. The van der Waals surface area contributed by atoms with Gasteiger partial charge in [0.25, 0.3) is 0 Å². The molecule has 0 spiro atoms. The minimum atomic E-state index is -0.447. The van der Waals surface area contributed by atoms with E-state index < -0.39 is 5.60 Å². The molecule has 1 amide bonds. The summed E-state index contributed by atoms with van der Waals surface area (Å²) in [6.07, 6.45) is 1.70. The van der Waals surface area contributed by atoms with E-state index in [9.17, 15) is 4.79 Å². The van der Waals surface area contributed by atoms with Crippen molar-refractivity contribution in [3.05, 3.63) is 29.8 Å². The second-order valence-corrected chi connectivity index (χ2v) is 10.00. The Morgan fingerprint density at radius 2 is 1.47 bits per heavy atom. The van der Waals surface area contributed by atoms with E-state index in [1.54, 1.807) is 0 Å². The van der Waals surface area contributed by atoms with Crippen LogP contribution >= 0.6 is 0 Å². The van der Waals surface area contributed by atoms with Gasteiger partial charge in [0.15, 0.2) is 0 Å². The van der Waals surface area contributed by atoms with E-state index >= 15 is 0 Å². The van der Waals surface area contributed by atoms with E-state index in [1.807, 2.05) is 39.5 Å². The first-order chi connectivity index (χ1) is 13.9. The average molecular weight is 417 g/mol. The number of carbonyl (C=O) groups excluding carboxylic acids is 1. The smallest absolute Gasteiger partial charge is 0.444 e. The maximum atomic E-state index is 12.2. The van der Waals surface area contributed by atoms with Crippen LogP contribution in [-0.2, 0) is 14.0 Å². The number of hydrogen-bond donors (Lipinski definition) is 0. The second-order valence-electron chi connectivity index (χ2n) is 10.00. The average Bonchev–Trinajstić information content (AvgIpc) is 2.90. The lowest BCUT2D eigenvalue weighted by molar-refractivity contribution is 0.00578. The van der Waals surface area contributed by atoms with Gasteiger partial charge in [0.2, 0.25) is 0 Å². The number of benzene rings is 1. The number of likely N-dealkylation sites (tertiary alicyclic amines) is 1. The van der Waals surface area contributed by atoms with Gasteiger partial charge < -0.3 is 18.9 Å². The van der Waals surface area contributed by atoms with Gasteiger partial charge in [-0.2, -0.15) is 0 Å². The molecule has 5 nitrogen and oxygen atoms in total. The van der Waals surface area contributed by atoms with Crippen molar-refractivity contribution in [2.75, 3.05) is 13.1 Å². The van der Waals surface area contributed by atoms with Crippen LogP contribution in [0.2, 0.25) is 0 Å². The SMILES string of the molecule is CC.CC(C)(C)OC(=O)N1CCC(c2ccc(B3OC(C)(C)C(C)(C)O3)cc2)CC1. The van der Waals surface area contributed by atoms with Crippen molar-refractivity contribution in [2.24, 2.45) is 0 Å². The van der Waals surface area contributed by atoms with Gasteiger partial charge in [0.05, 0.1) is 11.2 Å². The Morgan fingerprint density at radius 1 is 1.00 bits per heavy atom. The molecule has 2 saturated heterocycles. The lowest BCUT2D eigenvalue weighted by Gasteiger charge is -2.33. The third-order valence-corrected chi connectivity index (χ3v) is 6.08. The van der Waals surface area contributed by atoms with Crippen molar-refractivity contribution in [3.8, 4) is 0 Å². The van der Waals surface area contributed by atoms with Crippen LogP contribution in [0, 0.1) is 0 Å². The minimum absolute atomic E-state index is 0.206. The van der Waals surface area contributed by atoms with Crippen LogP contribution in [0.15, 0.2) is 24.3 Å². The normalized spacial score (nSPS) is 21.1. The molecule has 0 bridgehead atoms. The first-order valence-electron chi connectivity index (χ1n) is 11.3. The number of hydrogen-bond acceptors (Lipinski definition) is 4. The standard InChI is InChI=1S/C22H34BNO4.C2H6/c1-20(2,3)26-19(25)24-14-12-17(13-15-24)16-8-10-18(11-9-16)23-27-21(4,5)22(6,7)28-23;1-2/h8-11,17H,12-15H2,1-7H3;1-2H3. The summed E-state index contributed by atoms with van der Waals surface area (Å²) in [4.78, 5) is 14.0. The summed E-state index contributed by atoms with van der Waals surface area (Å²) in [6.45, 7) is 19.5. The number of carbonyl (C=O) groups is 1. The van der Waals surface area contributed by atoms with Crippen molar-refractivity contribution in [1.82, 2.24) is 4.90 Å². The zero-order valence-electron chi connectivity index (χ0n) is 20.4. The molecule has 2 fully saturated rings. The Bertz CT molecular complexity index is 685. The van der Waals surface area contributed by atoms with Crippen LogP contribution in [0.25, 0.3) is 0 Å². The predicted molar refractivity (Wildman–Crippen MR) is 123 cm³/mol. The molecule has 3 rings (SSSR count). The van der Waals surface area contributed by atoms with Crippen LogP contribution in [0.5, 0.6) is 0 Å². The number of rotatable bonds is 2. The van der Waals surface area contributed by atoms with Crippen LogP contribution < -0.4 is 5.46 Å². The van der Waals surface area contributed by atoms with Gasteiger partial charge in [-0.3, -0.25) is 0 Å². The summed E-state index contributed by atoms with van der Waals surface area (Å²) < 4.78 is 17.8. The lowest BCUT2D eigenvalue weighted by Crippen LogP contribution is -2.41. The molecule has 0 aromatic heterocycles. The molecule has 2 heterocycles. The number of piperidine rings is 1. The molecule has 30 heavy (non-hydrogen) atoms. The summed E-state index contributed by atoms with van der Waals surface area (Å²) in [6, 6.07) is 8.57. The molecule has 0 aliphatic carbocycles. The van der Waals surface area contributed by atoms with E-state index in [2.05, 4.69) is 52.0 Å². The monoisotopic (exact) mass is 417 g/mol. The molecule has 2 aliphatic heterocycles. The van der Waals surface area contributed by atoms with Crippen molar-refractivity contribution < 1.29 is 18.8 Å². The Hall–Kier alpha value is -1.53. The Labute approximate surface area is 183 Å². The summed E-state index contributed by atoms with van der Waals surface area (Å²) in [7, 11) is -0.326. The van der Waals surface area contributed by atoms with Crippen LogP contribution in [0.4, 0.5) is 4.79 Å². The van der Waals surface area contributed by atoms with Gasteiger partial charge in [-0.1, -0.05) is 38.1 Å². The minimum Gasteiger partial charge on any atom is -0.444 e. The maximum absolute atomic E-state index is 12.2. The fourth-order valence-corrected chi connectivity index (χ4v) is 3.63. The van der Waals surface area contributed by atoms with Gasteiger partial charge in [0, 0.05) is 13.1 Å². The van der Waals surface area contributed by atoms with Gasteiger partial charge >= 0.3 is 13.2 Å². The molecule has 0 atom stereocenters. The van der Waals surface area contributed by atoms with Gasteiger partial charge in [-0.25, -0.2) is 4.79 Å². The third kappa shape index (κ3) is 5.79. The zero-order chi connectivity index (χ0) is 22.7. The highest BCUT2D eigenvalue weighted by molar-refractivity contribution is 6.62. The fraction of sp³-hybridized carbons (Fsp3) is 0.708. The quantitative estimate of drug-likeness (QED) is 0.627. The predicted octanol–water partition coefficient (Wildman–Crippen LogP) is 5.13. The first kappa shape index (κ1) is 24.7. The summed E-state index contributed by atoms with van der Waals surface area (Å²) in [5.41, 5.74) is 1.25. The molecule has 2 aliphatic rings. The Morgan fingerprint density at radius 3 is 1.90 bits per heavy atom. The highest BCUT2D eigenvalue weighted by Crippen LogP contribution is 2.36. The van der Waals surface area contributed by atoms with E-state index in [1.165, 1.54) is 5.56 Å². The molecule has 0 saturated carbocycles. The highest BCUT2D eigenvalue weighted by Gasteiger charge is 2.51. The van der Waals surface area contributed by atoms with Crippen molar-refractivity contribution in [1.29, 1.82) is 0 Å². The highest BCUT2D eigenvalue weighted by atomic mass is 16.7. The summed E-state index contributed by atoms with van der Waals surface area (Å²) >= 11 is 0. The molecule has 0 N–H and O–H groups in total. The Balaban J connectivity index is 0.00000155. The molecule has 1 aromatic carbocycles. The molecule has 0 unspecified atom stereocenters. The van der Waals surface area contributed by atoms with Crippen molar-refractivity contribution >= 4 is 18.7 Å². The lowest BCUT2D eigenvalue weighted by atomic mass is 9.77. The van der Waals surface area contributed by atoms with E-state index in [-0.39, 0.29) is 24.4 Å². The molecule has 0 radical (unpaired) electrons. The number of nitrogens with zero attached hydrogens (tertiary/aromatic N) is 1. The van der Waals surface area contributed by atoms with E-state index in [4.69, 9.17) is 14.0 Å². The van der Waals surface area contributed by atoms with Crippen molar-refractivity contribution in [3.63, 3.8) is 0 Å². The van der Waals surface area contributed by atoms with Gasteiger partial charge in [-0.15, -0.1) is 0 Å². The Kier molecular flexibility index (Phi) is 7.68. The summed E-state index contributed by atoms with van der Waals surface area (Å²) in [5.74, 6) is 0.464. The molecule has 168 valence electrons. The molecule has 6 heteroatoms. The maximum Gasteiger partial charge on any atom is 0.494 e. The fourth-order valence-electron chi connectivity index (χ4n) is 3.63. The zero-order valence-corrected chi connectivity index (χ0v) is 20.4. The van der Waals surface area contributed by atoms with E-state index in [0.29, 0.717) is 5.92 Å². The number of ether oxygens (including phenoxy) is 1. The van der Waals surface area contributed by atoms with Crippen LogP contribution in [-0.4, -0.2) is 48.0 Å².